The fraction of sp³-hybridized carbons (Fsp3) is 0.364. The fourth-order valence-electron chi connectivity index (χ4n) is 1.28. The Morgan fingerprint density at radius 3 is 2.36 bits per heavy atom. The Hall–Kier alpha value is -0.791. The predicted molar refractivity (Wildman–Crippen MR) is 59.9 cm³/mol. The van der Waals surface area contributed by atoms with Gasteiger partial charge in [0.15, 0.2) is 0 Å². The molecule has 0 heterocycles. The van der Waals surface area contributed by atoms with Gasteiger partial charge in [0.05, 0.1) is 0 Å². The van der Waals surface area contributed by atoms with Crippen molar-refractivity contribution >= 4 is 25.3 Å². The molecule has 0 radical (unpaired) electrons. The van der Waals surface area contributed by atoms with Crippen molar-refractivity contribution in [3.05, 3.63) is 29.8 Å². The van der Waals surface area contributed by atoms with Gasteiger partial charge in [0.1, 0.15) is 0 Å². The second-order valence-corrected chi connectivity index (χ2v) is 5.04. The molecular weight excluding hydrogens is 241 g/mol. The molecule has 3 heteroatoms. The van der Waals surface area contributed by atoms with Gasteiger partial charge in [-0.3, -0.25) is 0 Å². The predicted octanol–water partition coefficient (Wildman–Crippen LogP) is 1.26. The first-order valence-corrected chi connectivity index (χ1v) is 7.11. The van der Waals surface area contributed by atoms with Gasteiger partial charge in [0.2, 0.25) is 0 Å². The first kappa shape index (κ1) is 11.3. The van der Waals surface area contributed by atoms with E-state index in [1.807, 2.05) is 6.92 Å². The van der Waals surface area contributed by atoms with E-state index in [9.17, 15) is 4.79 Å². The Morgan fingerprint density at radius 2 is 1.93 bits per heavy atom. The molecule has 2 nitrogen and oxygen atoms in total. The summed E-state index contributed by atoms with van der Waals surface area (Å²) in [6.07, 6.45) is 0. The zero-order valence-corrected chi connectivity index (χ0v) is 10.4. The molecule has 0 spiro atoms. The summed E-state index contributed by atoms with van der Waals surface area (Å²) in [7, 11) is 0. The van der Waals surface area contributed by atoms with Gasteiger partial charge in [-0.1, -0.05) is 0 Å². The molecule has 0 saturated heterocycles. The Bertz CT molecular complexity index is 308. The molecule has 1 aromatic rings. The van der Waals surface area contributed by atoms with Crippen molar-refractivity contribution in [1.82, 2.24) is 5.32 Å². The second kappa shape index (κ2) is 5.18. The number of hydrogen-bond donors (Lipinski definition) is 1. The number of nitrogens with one attached hydrogen (secondary N) is 1. The third-order valence-corrected chi connectivity index (χ3v) is 3.60. The van der Waals surface area contributed by atoms with Gasteiger partial charge in [-0.25, -0.2) is 0 Å². The van der Waals surface area contributed by atoms with E-state index in [1.54, 1.807) is 6.92 Å². The number of amides is 1. The minimum absolute atomic E-state index is 0.0151. The molecule has 0 fully saturated rings. The standard InChI is InChI=1S/C11H15NOSe/c1-8(12-9(2)13)10-4-6-11(14-3)7-5-10/h4-8H,1-3H3,(H,12,13)/t8-/m1/s1. The number of carbonyl (C=O) groups is 1. The van der Waals surface area contributed by atoms with Crippen LogP contribution in [0.4, 0.5) is 0 Å². The van der Waals surface area contributed by atoms with Crippen LogP contribution in [0, 0.1) is 0 Å². The quantitative estimate of drug-likeness (QED) is 0.810. The third-order valence-electron chi connectivity index (χ3n) is 2.04. The number of benzene rings is 1. The van der Waals surface area contributed by atoms with Crippen molar-refractivity contribution in [2.24, 2.45) is 0 Å². The first-order valence-electron chi connectivity index (χ1n) is 4.54. The zero-order chi connectivity index (χ0) is 10.6. The molecule has 1 amide bonds. The van der Waals surface area contributed by atoms with E-state index in [-0.39, 0.29) is 11.9 Å². The van der Waals surface area contributed by atoms with Crippen LogP contribution in [-0.2, 0) is 4.79 Å². The molecule has 1 atom stereocenters. The van der Waals surface area contributed by atoms with Gasteiger partial charge in [0, 0.05) is 0 Å². The normalized spacial score (nSPS) is 12.2. The van der Waals surface area contributed by atoms with Crippen LogP contribution in [-0.4, -0.2) is 20.9 Å². The fourth-order valence-corrected chi connectivity index (χ4v) is 2.14. The molecule has 0 unspecified atom stereocenters. The molecule has 14 heavy (non-hydrogen) atoms. The van der Waals surface area contributed by atoms with Crippen LogP contribution in [0.3, 0.4) is 0 Å². The van der Waals surface area contributed by atoms with E-state index < -0.39 is 0 Å². The molecule has 0 bridgehead atoms. The Balaban J connectivity index is 2.71. The van der Waals surface area contributed by atoms with Crippen molar-refractivity contribution < 1.29 is 4.79 Å². The average molecular weight is 256 g/mol. The van der Waals surface area contributed by atoms with Crippen LogP contribution < -0.4 is 9.78 Å². The molecule has 0 aliphatic heterocycles. The molecule has 1 N–H and O–H groups in total. The Morgan fingerprint density at radius 1 is 1.36 bits per heavy atom. The summed E-state index contributed by atoms with van der Waals surface area (Å²) >= 11 is 0.551. The third kappa shape index (κ3) is 3.17. The topological polar surface area (TPSA) is 29.1 Å². The SMILES string of the molecule is C[Se]c1ccc([C@@H](C)NC(C)=O)cc1. The van der Waals surface area contributed by atoms with Crippen LogP contribution in [0.1, 0.15) is 25.5 Å². The van der Waals surface area contributed by atoms with E-state index in [1.165, 1.54) is 4.46 Å². The van der Waals surface area contributed by atoms with Crippen molar-refractivity contribution in [1.29, 1.82) is 0 Å². The molecule has 1 rings (SSSR count). The summed E-state index contributed by atoms with van der Waals surface area (Å²) in [5.41, 5.74) is 1.16. The molecule has 0 saturated carbocycles. The molecule has 0 aliphatic rings. The van der Waals surface area contributed by atoms with Gasteiger partial charge in [-0.2, -0.15) is 0 Å². The van der Waals surface area contributed by atoms with Crippen molar-refractivity contribution in [3.63, 3.8) is 0 Å². The molecule has 0 aromatic heterocycles. The van der Waals surface area contributed by atoms with E-state index >= 15 is 0 Å². The monoisotopic (exact) mass is 257 g/mol. The number of hydrogen-bond acceptors (Lipinski definition) is 1. The second-order valence-electron chi connectivity index (χ2n) is 3.20. The molecular formula is C11H15NOSe. The zero-order valence-electron chi connectivity index (χ0n) is 8.70. The van der Waals surface area contributed by atoms with E-state index in [2.05, 4.69) is 35.4 Å². The van der Waals surface area contributed by atoms with Gasteiger partial charge < -0.3 is 0 Å². The van der Waals surface area contributed by atoms with Crippen LogP contribution in [0.2, 0.25) is 5.82 Å². The van der Waals surface area contributed by atoms with Crippen molar-refractivity contribution in [2.75, 3.05) is 0 Å². The Labute approximate surface area is 91.2 Å². The van der Waals surface area contributed by atoms with Crippen LogP contribution >= 0.6 is 0 Å². The van der Waals surface area contributed by atoms with E-state index in [4.69, 9.17) is 0 Å². The Kier molecular flexibility index (Phi) is 4.18. The van der Waals surface area contributed by atoms with E-state index in [0.717, 1.165) is 5.56 Å². The minimum atomic E-state index is 0.0151. The summed E-state index contributed by atoms with van der Waals surface area (Å²) < 4.78 is 1.39. The van der Waals surface area contributed by atoms with Crippen molar-refractivity contribution in [3.8, 4) is 0 Å². The van der Waals surface area contributed by atoms with Gasteiger partial charge in [-0.05, 0) is 0 Å². The van der Waals surface area contributed by atoms with Gasteiger partial charge >= 0.3 is 91.0 Å². The molecule has 76 valence electrons. The summed E-state index contributed by atoms with van der Waals surface area (Å²) in [5.74, 6) is 2.21. The molecule has 0 aliphatic carbocycles. The van der Waals surface area contributed by atoms with Crippen LogP contribution in [0.5, 0.6) is 0 Å². The van der Waals surface area contributed by atoms with Gasteiger partial charge in [-0.15, -0.1) is 0 Å². The summed E-state index contributed by atoms with van der Waals surface area (Å²) in [4.78, 5) is 10.8. The summed E-state index contributed by atoms with van der Waals surface area (Å²) in [5, 5.41) is 2.86. The summed E-state index contributed by atoms with van der Waals surface area (Å²) in [6, 6.07) is 8.54. The maximum absolute atomic E-state index is 10.8. The van der Waals surface area contributed by atoms with Crippen LogP contribution in [0.15, 0.2) is 24.3 Å². The first-order chi connectivity index (χ1) is 6.63. The number of rotatable bonds is 3. The van der Waals surface area contributed by atoms with E-state index in [0.29, 0.717) is 15.0 Å². The molecule has 1 aromatic carbocycles. The van der Waals surface area contributed by atoms with Crippen LogP contribution in [0.25, 0.3) is 0 Å². The van der Waals surface area contributed by atoms with Crippen molar-refractivity contribution in [2.45, 2.75) is 25.7 Å². The average Bonchev–Trinajstić information content (AvgIpc) is 2.17. The maximum atomic E-state index is 10.8. The summed E-state index contributed by atoms with van der Waals surface area (Å²) in [6.45, 7) is 3.54. The van der Waals surface area contributed by atoms with Gasteiger partial charge in [0.25, 0.3) is 0 Å². The number of carbonyl (C=O) groups excluding carboxylic acids is 1.